The van der Waals surface area contributed by atoms with Crippen LogP contribution in [-0.4, -0.2) is 84.7 Å². The van der Waals surface area contributed by atoms with Crippen molar-refractivity contribution in [3.63, 3.8) is 0 Å². The molecule has 1 saturated carbocycles. The second kappa shape index (κ2) is 14.0. The monoisotopic (exact) mass is 761 g/mol. The van der Waals surface area contributed by atoms with E-state index in [0.29, 0.717) is 39.0 Å². The third-order valence-corrected chi connectivity index (χ3v) is 28.4. The molecule has 1 fully saturated rings. The Morgan fingerprint density at radius 1 is 0.922 bits per heavy atom. The van der Waals surface area contributed by atoms with Crippen molar-refractivity contribution >= 4 is 36.6 Å². The second-order valence-corrected chi connectivity index (χ2v) is 35.9. The van der Waals surface area contributed by atoms with E-state index in [9.17, 15) is 14.7 Å². The van der Waals surface area contributed by atoms with Gasteiger partial charge in [0.1, 0.15) is 0 Å². The average molecular weight is 762 g/mol. The fourth-order valence-electron chi connectivity index (χ4n) is 8.62. The highest BCUT2D eigenvalue weighted by Gasteiger charge is 2.60. The number of amides is 1. The molecule has 0 heterocycles. The number of carbonyl (C=O) groups excluding carboxylic acids is 2. The zero-order chi connectivity index (χ0) is 39.0. The Kier molecular flexibility index (Phi) is 11.8. The van der Waals surface area contributed by atoms with E-state index in [1.54, 1.807) is 6.92 Å². The first-order valence-electron chi connectivity index (χ1n) is 19.8. The normalized spacial score (nSPS) is 30.9. The first-order chi connectivity index (χ1) is 22.9. The van der Waals surface area contributed by atoms with Gasteiger partial charge in [0.05, 0.1) is 18.8 Å². The molecule has 1 amide bonds. The van der Waals surface area contributed by atoms with Crippen molar-refractivity contribution in [1.82, 2.24) is 4.90 Å². The van der Waals surface area contributed by atoms with Crippen molar-refractivity contribution in [3.05, 3.63) is 22.8 Å². The standard InChI is InChI=1S/C41H75NO6Si3/c1-28(43)42(20-21-46-49(12,13)37(2,3)4)27-41-25-29(44)22-32(41)31-24-35(48-51(16,17)39(8,9)10)33-23-30(47-50(14,15)38(5,6)7)18-19-40(33,11)36(31)34(45)26-41/h22,30,33-35,45H,18-21,23-27H2,1-17H3/t30-,33-,34+,35-,40-,41-/m0/s1. The van der Waals surface area contributed by atoms with E-state index in [4.69, 9.17) is 13.3 Å². The summed E-state index contributed by atoms with van der Waals surface area (Å²) in [4.78, 5) is 28.6. The molecule has 0 aromatic heterocycles. The van der Waals surface area contributed by atoms with Crippen LogP contribution in [0.25, 0.3) is 0 Å². The first kappa shape index (κ1) is 42.8. The summed E-state index contributed by atoms with van der Waals surface area (Å²) in [7, 11) is -6.18. The van der Waals surface area contributed by atoms with Gasteiger partial charge in [0.15, 0.2) is 30.7 Å². The van der Waals surface area contributed by atoms with Crippen LogP contribution in [0.3, 0.4) is 0 Å². The molecule has 0 radical (unpaired) electrons. The lowest BCUT2D eigenvalue weighted by molar-refractivity contribution is -0.131. The number of hydrogen-bond acceptors (Lipinski definition) is 6. The minimum atomic E-state index is -2.19. The number of rotatable bonds is 10. The molecular weight excluding hydrogens is 687 g/mol. The van der Waals surface area contributed by atoms with Crippen LogP contribution in [0.1, 0.15) is 115 Å². The van der Waals surface area contributed by atoms with Gasteiger partial charge in [-0.05, 0) is 121 Å². The maximum absolute atomic E-state index is 13.5. The molecule has 4 aliphatic carbocycles. The number of fused-ring (bicyclic) bond motifs is 4. The lowest BCUT2D eigenvalue weighted by atomic mass is 9.51. The molecule has 0 spiro atoms. The summed E-state index contributed by atoms with van der Waals surface area (Å²) in [6.45, 7) is 39.7. The van der Waals surface area contributed by atoms with E-state index in [1.807, 2.05) is 11.0 Å². The van der Waals surface area contributed by atoms with Gasteiger partial charge >= 0.3 is 0 Å². The molecule has 0 aliphatic heterocycles. The zero-order valence-corrected chi connectivity index (χ0v) is 38.7. The van der Waals surface area contributed by atoms with Crippen LogP contribution in [0, 0.1) is 16.7 Å². The van der Waals surface area contributed by atoms with Gasteiger partial charge in [0, 0.05) is 38.0 Å². The number of hydrogen-bond donors (Lipinski definition) is 1. The van der Waals surface area contributed by atoms with Gasteiger partial charge in [-0.1, -0.05) is 69.2 Å². The van der Waals surface area contributed by atoms with Crippen molar-refractivity contribution in [2.45, 2.75) is 187 Å². The number of aliphatic hydroxyl groups excluding tert-OH is 1. The minimum absolute atomic E-state index is 0.0222. The summed E-state index contributed by atoms with van der Waals surface area (Å²) in [5.74, 6) is 0.272. The summed E-state index contributed by atoms with van der Waals surface area (Å²) in [6.07, 6.45) is 5.56. The largest absolute Gasteiger partial charge is 0.415 e. The fraction of sp³-hybridized carbons (Fsp3) is 0.854. The Hall–Kier alpha value is -0.889. The maximum atomic E-state index is 13.5. The van der Waals surface area contributed by atoms with Crippen LogP contribution in [0.4, 0.5) is 0 Å². The Labute approximate surface area is 315 Å². The van der Waals surface area contributed by atoms with E-state index < -0.39 is 36.5 Å². The van der Waals surface area contributed by atoms with Gasteiger partial charge in [-0.3, -0.25) is 9.59 Å². The van der Waals surface area contributed by atoms with Crippen LogP contribution in [-0.2, 0) is 22.9 Å². The predicted molar refractivity (Wildman–Crippen MR) is 217 cm³/mol. The summed E-state index contributed by atoms with van der Waals surface area (Å²) < 4.78 is 21.0. The molecule has 0 saturated heterocycles. The highest BCUT2D eigenvalue weighted by atomic mass is 28.4. The quantitative estimate of drug-likeness (QED) is 0.223. The van der Waals surface area contributed by atoms with Crippen LogP contribution in [0.5, 0.6) is 0 Å². The number of aliphatic hydroxyl groups is 1. The van der Waals surface area contributed by atoms with E-state index in [2.05, 4.69) is 109 Å². The highest BCUT2D eigenvalue weighted by Crippen LogP contribution is 2.63. The predicted octanol–water partition coefficient (Wildman–Crippen LogP) is 9.79. The molecular formula is C41H75NO6Si3. The van der Waals surface area contributed by atoms with E-state index in [0.717, 1.165) is 36.0 Å². The Bertz CT molecular complexity index is 1410. The number of nitrogens with zero attached hydrogens (tertiary/aromatic N) is 1. The minimum Gasteiger partial charge on any atom is -0.415 e. The molecule has 1 N–H and O–H groups in total. The molecule has 6 atom stereocenters. The smallest absolute Gasteiger partial charge is 0.219 e. The summed E-state index contributed by atoms with van der Waals surface area (Å²) in [6, 6.07) is 0. The summed E-state index contributed by atoms with van der Waals surface area (Å²) in [5.41, 5.74) is 2.41. The third kappa shape index (κ3) is 8.37. The Morgan fingerprint density at radius 3 is 2.00 bits per heavy atom. The zero-order valence-electron chi connectivity index (χ0n) is 35.7. The second-order valence-electron chi connectivity index (χ2n) is 21.6. The molecule has 4 aliphatic rings. The molecule has 4 rings (SSSR count). The van der Waals surface area contributed by atoms with E-state index >= 15 is 0 Å². The highest BCUT2D eigenvalue weighted by molar-refractivity contribution is 6.75. The van der Waals surface area contributed by atoms with Crippen molar-refractivity contribution in [1.29, 1.82) is 0 Å². The van der Waals surface area contributed by atoms with Gasteiger partial charge in [0.2, 0.25) is 5.91 Å². The van der Waals surface area contributed by atoms with Crippen LogP contribution < -0.4 is 0 Å². The number of allylic oxidation sites excluding steroid dienone is 1. The molecule has 7 nitrogen and oxygen atoms in total. The van der Waals surface area contributed by atoms with Crippen molar-refractivity contribution in [2.75, 3.05) is 19.7 Å². The molecule has 292 valence electrons. The van der Waals surface area contributed by atoms with Gasteiger partial charge in [0.25, 0.3) is 0 Å². The van der Waals surface area contributed by atoms with Crippen LogP contribution in [0.15, 0.2) is 22.8 Å². The van der Waals surface area contributed by atoms with Gasteiger partial charge in [-0.2, -0.15) is 0 Å². The van der Waals surface area contributed by atoms with E-state index in [-0.39, 0.29) is 50.3 Å². The molecule has 0 aromatic carbocycles. The molecule has 0 bridgehead atoms. The Morgan fingerprint density at radius 2 is 1.47 bits per heavy atom. The molecule has 0 unspecified atom stereocenters. The number of carbonyl (C=O) groups is 2. The molecule has 51 heavy (non-hydrogen) atoms. The molecule has 0 aromatic rings. The number of ketones is 1. The SMILES string of the molecule is CC(=O)N(CCO[Si](C)(C)C(C)(C)C)C[C@@]12CC(=O)C=C1C1=C([C@H](O)C2)[C@@]2(C)CC[C@H](O[Si](C)(C)C(C)(C)C)C[C@H]2[C@@H](O[Si](C)(C)C(C)(C)C)C1. The lowest BCUT2D eigenvalue weighted by Gasteiger charge is -2.59. The van der Waals surface area contributed by atoms with Crippen molar-refractivity contribution in [3.8, 4) is 0 Å². The average Bonchev–Trinajstić information content (AvgIpc) is 3.26. The fourth-order valence-corrected chi connectivity index (χ4v) is 12.4. The van der Waals surface area contributed by atoms with Gasteiger partial charge in [-0.25, -0.2) is 0 Å². The van der Waals surface area contributed by atoms with E-state index in [1.165, 1.54) is 0 Å². The van der Waals surface area contributed by atoms with Crippen molar-refractivity contribution < 1.29 is 28.0 Å². The summed E-state index contributed by atoms with van der Waals surface area (Å²) >= 11 is 0. The topological polar surface area (TPSA) is 85.3 Å². The first-order valence-corrected chi connectivity index (χ1v) is 28.5. The third-order valence-electron chi connectivity index (χ3n) is 14.8. The van der Waals surface area contributed by atoms with Crippen molar-refractivity contribution in [2.24, 2.45) is 16.7 Å². The molecule has 10 heteroatoms. The lowest BCUT2D eigenvalue weighted by Crippen LogP contribution is -2.58. The van der Waals surface area contributed by atoms with Gasteiger partial charge < -0.3 is 23.3 Å². The Balaban J connectivity index is 1.74. The van der Waals surface area contributed by atoms with Crippen LogP contribution in [0.2, 0.25) is 54.4 Å². The maximum Gasteiger partial charge on any atom is 0.219 e. The van der Waals surface area contributed by atoms with Crippen LogP contribution >= 0.6 is 0 Å². The summed E-state index contributed by atoms with van der Waals surface area (Å²) in [5, 5.41) is 12.6. The van der Waals surface area contributed by atoms with Gasteiger partial charge in [-0.15, -0.1) is 0 Å².